The number of rotatable bonds is 9. The molecule has 1 atom stereocenters. The molecular weight excluding hydrogens is 444 g/mol. The van der Waals surface area contributed by atoms with Gasteiger partial charge in [0.15, 0.2) is 0 Å². The van der Waals surface area contributed by atoms with Gasteiger partial charge in [0, 0.05) is 37.4 Å². The monoisotopic (exact) mass is 484 g/mol. The van der Waals surface area contributed by atoms with Crippen LogP contribution < -0.4 is 14.9 Å². The Morgan fingerprint density at radius 2 is 1.62 bits per heavy atom. The van der Waals surface area contributed by atoms with E-state index in [1.54, 1.807) is 6.92 Å². The van der Waals surface area contributed by atoms with Gasteiger partial charge in [-0.1, -0.05) is 49.2 Å². The van der Waals surface area contributed by atoms with E-state index in [4.69, 9.17) is 0 Å². The first kappa shape index (κ1) is 25.0. The summed E-state index contributed by atoms with van der Waals surface area (Å²) >= 11 is 0. The zero-order chi connectivity index (χ0) is 23.8. The molecule has 0 amide bonds. The predicted molar refractivity (Wildman–Crippen MR) is 142 cm³/mol. The molecular formula is C27H40N4O2S. The average molecular weight is 485 g/mol. The maximum absolute atomic E-state index is 11.9. The number of piperidine rings is 1. The van der Waals surface area contributed by atoms with Crippen molar-refractivity contribution in [1.82, 2.24) is 10.2 Å². The third-order valence-electron chi connectivity index (χ3n) is 7.23. The van der Waals surface area contributed by atoms with Crippen molar-refractivity contribution < 1.29 is 8.42 Å². The van der Waals surface area contributed by atoms with Gasteiger partial charge in [-0.3, -0.25) is 9.62 Å². The van der Waals surface area contributed by atoms with Gasteiger partial charge in [0.1, 0.15) is 0 Å². The van der Waals surface area contributed by atoms with Crippen molar-refractivity contribution in [2.24, 2.45) is 0 Å². The van der Waals surface area contributed by atoms with Crippen molar-refractivity contribution in [3.8, 4) is 0 Å². The first-order chi connectivity index (χ1) is 16.5. The average Bonchev–Trinajstić information content (AvgIpc) is 3.15. The fourth-order valence-corrected chi connectivity index (χ4v) is 5.81. The van der Waals surface area contributed by atoms with Crippen LogP contribution in [0.5, 0.6) is 0 Å². The molecule has 2 aliphatic rings. The van der Waals surface area contributed by atoms with Gasteiger partial charge < -0.3 is 10.2 Å². The Kier molecular flexibility index (Phi) is 8.86. The zero-order valence-corrected chi connectivity index (χ0v) is 21.3. The summed E-state index contributed by atoms with van der Waals surface area (Å²) in [5, 5.41) is 3.90. The van der Waals surface area contributed by atoms with Gasteiger partial charge >= 0.3 is 0 Å². The van der Waals surface area contributed by atoms with Gasteiger partial charge in [-0.05, 0) is 69.5 Å². The summed E-state index contributed by atoms with van der Waals surface area (Å²) in [6, 6.07) is 19.7. The number of nitrogens with one attached hydrogen (secondary N) is 2. The van der Waals surface area contributed by atoms with Crippen LogP contribution in [0, 0.1) is 0 Å². The fourth-order valence-electron chi connectivity index (χ4n) is 5.18. The van der Waals surface area contributed by atoms with Crippen molar-refractivity contribution in [1.29, 1.82) is 0 Å². The predicted octanol–water partition coefficient (Wildman–Crippen LogP) is 4.62. The molecule has 6 nitrogen and oxygen atoms in total. The van der Waals surface area contributed by atoms with Gasteiger partial charge in [0.25, 0.3) is 0 Å². The summed E-state index contributed by atoms with van der Waals surface area (Å²) in [6.07, 6.45) is 7.49. The van der Waals surface area contributed by atoms with Crippen molar-refractivity contribution in [3.05, 3.63) is 60.2 Å². The number of hydrogen-bond donors (Lipinski definition) is 2. The minimum absolute atomic E-state index is 0.0791. The van der Waals surface area contributed by atoms with Crippen molar-refractivity contribution >= 4 is 21.4 Å². The Balaban J connectivity index is 1.33. The molecule has 0 aliphatic carbocycles. The lowest BCUT2D eigenvalue weighted by Crippen LogP contribution is -2.45. The first-order valence-electron chi connectivity index (χ1n) is 12.9. The molecule has 0 aromatic heterocycles. The van der Waals surface area contributed by atoms with E-state index >= 15 is 0 Å². The summed E-state index contributed by atoms with van der Waals surface area (Å²) in [5.74, 6) is 0.0791. The standard InChI is InChI=1S/C27H40N4O2S/c1-2-34(32,33)29-25-13-10-14-26(21-25)30-19-15-24(16-20-30)28-22-27(23-11-6-5-7-12-23)31-17-8-3-4-9-18-31/h5-7,10-14,21,24,27-29H,2-4,8-9,15-20,22H2,1H3/t27-/m1/s1. The van der Waals surface area contributed by atoms with Crippen molar-refractivity contribution in [2.75, 3.05) is 48.1 Å². The molecule has 7 heteroatoms. The Hall–Kier alpha value is -2.09. The van der Waals surface area contributed by atoms with E-state index in [1.807, 2.05) is 18.2 Å². The lowest BCUT2D eigenvalue weighted by Gasteiger charge is -2.37. The van der Waals surface area contributed by atoms with Crippen LogP contribution >= 0.6 is 0 Å². The van der Waals surface area contributed by atoms with Crippen LogP contribution in [0.25, 0.3) is 0 Å². The van der Waals surface area contributed by atoms with Crippen molar-refractivity contribution in [3.63, 3.8) is 0 Å². The minimum Gasteiger partial charge on any atom is -0.371 e. The van der Waals surface area contributed by atoms with Gasteiger partial charge in [-0.15, -0.1) is 0 Å². The number of anilines is 2. The second kappa shape index (κ2) is 12.0. The molecule has 0 bridgehead atoms. The van der Waals surface area contributed by atoms with Crippen LogP contribution in [-0.2, 0) is 10.0 Å². The topological polar surface area (TPSA) is 64.7 Å². The molecule has 2 aromatic rings. The maximum atomic E-state index is 11.9. The SMILES string of the molecule is CCS(=O)(=O)Nc1cccc(N2CCC(NC[C@H](c3ccccc3)N3CCCCCC3)CC2)c1. The third kappa shape index (κ3) is 6.96. The smallest absolute Gasteiger partial charge is 0.232 e. The molecule has 0 spiro atoms. The maximum Gasteiger partial charge on any atom is 0.232 e. The number of nitrogens with zero attached hydrogens (tertiary/aromatic N) is 2. The second-order valence-corrected chi connectivity index (χ2v) is 11.6. The molecule has 2 aliphatic heterocycles. The quantitative estimate of drug-likeness (QED) is 0.544. The third-order valence-corrected chi connectivity index (χ3v) is 8.53. The Bertz CT molecular complexity index is 983. The molecule has 0 saturated carbocycles. The van der Waals surface area contributed by atoms with E-state index in [0.29, 0.717) is 17.8 Å². The molecule has 4 rings (SSSR count). The van der Waals surface area contributed by atoms with E-state index in [-0.39, 0.29) is 5.75 Å². The van der Waals surface area contributed by atoms with Gasteiger partial charge in [-0.2, -0.15) is 0 Å². The number of sulfonamides is 1. The summed E-state index contributed by atoms with van der Waals surface area (Å²) in [6.45, 7) is 6.97. The lowest BCUT2D eigenvalue weighted by atomic mass is 10.0. The van der Waals surface area contributed by atoms with Gasteiger partial charge in [-0.25, -0.2) is 8.42 Å². The number of hydrogen-bond acceptors (Lipinski definition) is 5. The van der Waals surface area contributed by atoms with Crippen LogP contribution in [0.4, 0.5) is 11.4 Å². The van der Waals surface area contributed by atoms with Gasteiger partial charge in [0.05, 0.1) is 11.4 Å². The Morgan fingerprint density at radius 1 is 0.912 bits per heavy atom. The highest BCUT2D eigenvalue weighted by Gasteiger charge is 2.24. The highest BCUT2D eigenvalue weighted by atomic mass is 32.2. The molecule has 2 heterocycles. The highest BCUT2D eigenvalue weighted by molar-refractivity contribution is 7.92. The van der Waals surface area contributed by atoms with Crippen LogP contribution in [0.3, 0.4) is 0 Å². The molecule has 186 valence electrons. The molecule has 0 radical (unpaired) electrons. The van der Waals surface area contributed by atoms with E-state index in [0.717, 1.165) is 38.2 Å². The van der Waals surface area contributed by atoms with Crippen LogP contribution in [0.15, 0.2) is 54.6 Å². The Morgan fingerprint density at radius 3 is 2.29 bits per heavy atom. The van der Waals surface area contributed by atoms with E-state index in [2.05, 4.69) is 56.2 Å². The van der Waals surface area contributed by atoms with Crippen LogP contribution in [-0.4, -0.2) is 57.8 Å². The zero-order valence-electron chi connectivity index (χ0n) is 20.5. The summed E-state index contributed by atoms with van der Waals surface area (Å²) in [7, 11) is -3.26. The number of likely N-dealkylation sites (tertiary alicyclic amines) is 1. The Labute approximate surface area is 205 Å². The lowest BCUT2D eigenvalue weighted by molar-refractivity contribution is 0.193. The summed E-state index contributed by atoms with van der Waals surface area (Å²) in [5.41, 5.74) is 3.14. The summed E-state index contributed by atoms with van der Waals surface area (Å²) < 4.78 is 26.5. The molecule has 2 saturated heterocycles. The molecule has 2 N–H and O–H groups in total. The minimum atomic E-state index is -3.26. The van der Waals surface area contributed by atoms with Crippen LogP contribution in [0.1, 0.15) is 57.1 Å². The highest BCUT2D eigenvalue weighted by Crippen LogP contribution is 2.26. The van der Waals surface area contributed by atoms with E-state index < -0.39 is 10.0 Å². The van der Waals surface area contributed by atoms with Crippen molar-refractivity contribution in [2.45, 2.75) is 57.5 Å². The summed E-state index contributed by atoms with van der Waals surface area (Å²) in [4.78, 5) is 5.05. The van der Waals surface area contributed by atoms with Gasteiger partial charge in [0.2, 0.25) is 10.0 Å². The van der Waals surface area contributed by atoms with E-state index in [1.165, 1.54) is 44.3 Å². The van der Waals surface area contributed by atoms with Crippen LogP contribution in [0.2, 0.25) is 0 Å². The molecule has 34 heavy (non-hydrogen) atoms. The molecule has 2 fully saturated rings. The second-order valence-electron chi connectivity index (χ2n) is 9.60. The first-order valence-corrected chi connectivity index (χ1v) is 14.6. The molecule has 0 unspecified atom stereocenters. The van der Waals surface area contributed by atoms with E-state index in [9.17, 15) is 8.42 Å². The number of benzene rings is 2. The molecule has 2 aromatic carbocycles. The largest absolute Gasteiger partial charge is 0.371 e. The fraction of sp³-hybridized carbons (Fsp3) is 0.556. The normalized spacial score (nSPS) is 19.5.